The Morgan fingerprint density at radius 2 is 1.63 bits per heavy atom. The quantitative estimate of drug-likeness (QED) is 0.826. The Morgan fingerprint density at radius 1 is 0.895 bits per heavy atom. The molecule has 2 aromatic rings. The second kappa shape index (κ2) is 5.85. The highest BCUT2D eigenvalue weighted by molar-refractivity contribution is 6.32. The first-order valence-electron chi connectivity index (χ1n) is 5.80. The van der Waals surface area contributed by atoms with Gasteiger partial charge in [0, 0.05) is 0 Å². The molecule has 2 rings (SSSR count). The normalized spacial score (nSPS) is 10.1. The summed E-state index contributed by atoms with van der Waals surface area (Å²) in [7, 11) is 3.15. The van der Waals surface area contributed by atoms with E-state index < -0.39 is 0 Å². The van der Waals surface area contributed by atoms with Crippen LogP contribution >= 0.6 is 11.6 Å². The summed E-state index contributed by atoms with van der Waals surface area (Å²) in [5.41, 5.74) is 1.08. The second-order valence-electron chi connectivity index (χ2n) is 4.03. The summed E-state index contributed by atoms with van der Waals surface area (Å²) in [5, 5.41) is 0.560. The molecule has 19 heavy (non-hydrogen) atoms. The molecule has 0 aromatic heterocycles. The van der Waals surface area contributed by atoms with Gasteiger partial charge < -0.3 is 14.2 Å². The minimum absolute atomic E-state index is 0.543. The topological polar surface area (TPSA) is 27.7 Å². The van der Waals surface area contributed by atoms with Gasteiger partial charge in [-0.2, -0.15) is 0 Å². The fourth-order valence-electron chi connectivity index (χ4n) is 1.75. The summed E-state index contributed by atoms with van der Waals surface area (Å²) < 4.78 is 16.3. The number of halogens is 1. The standard InChI is InChI=1S/C15H15ClO3/c1-10-7-8-12(11(16)9-10)19-14-6-4-5-13(17-2)15(14)18-3/h4-9H,1-3H3. The molecule has 0 bridgehead atoms. The summed E-state index contributed by atoms with van der Waals surface area (Å²) >= 11 is 6.15. The lowest BCUT2D eigenvalue weighted by Crippen LogP contribution is -1.94. The van der Waals surface area contributed by atoms with E-state index in [9.17, 15) is 0 Å². The Balaban J connectivity index is 2.37. The van der Waals surface area contributed by atoms with Gasteiger partial charge in [-0.15, -0.1) is 0 Å². The van der Waals surface area contributed by atoms with Gasteiger partial charge in [-0.1, -0.05) is 23.7 Å². The third kappa shape index (κ3) is 2.93. The minimum atomic E-state index is 0.543. The van der Waals surface area contributed by atoms with E-state index in [-0.39, 0.29) is 0 Å². The number of ether oxygens (including phenoxy) is 3. The van der Waals surface area contributed by atoms with Crippen molar-refractivity contribution in [3.63, 3.8) is 0 Å². The third-order valence-corrected chi connectivity index (χ3v) is 2.97. The predicted octanol–water partition coefficient (Wildman–Crippen LogP) is 4.46. The zero-order chi connectivity index (χ0) is 13.8. The molecule has 0 saturated carbocycles. The van der Waals surface area contributed by atoms with E-state index in [4.69, 9.17) is 25.8 Å². The summed E-state index contributed by atoms with van der Waals surface area (Å²) in [6, 6.07) is 11.1. The van der Waals surface area contributed by atoms with Crippen molar-refractivity contribution in [1.29, 1.82) is 0 Å². The minimum Gasteiger partial charge on any atom is -0.493 e. The lowest BCUT2D eigenvalue weighted by atomic mass is 10.2. The zero-order valence-electron chi connectivity index (χ0n) is 11.1. The molecule has 0 atom stereocenters. The Morgan fingerprint density at radius 3 is 2.26 bits per heavy atom. The molecular weight excluding hydrogens is 264 g/mol. The number of hydrogen-bond donors (Lipinski definition) is 0. The highest BCUT2D eigenvalue weighted by Gasteiger charge is 2.12. The fourth-order valence-corrected chi connectivity index (χ4v) is 2.02. The van der Waals surface area contributed by atoms with Gasteiger partial charge in [-0.3, -0.25) is 0 Å². The van der Waals surface area contributed by atoms with E-state index in [0.29, 0.717) is 28.0 Å². The summed E-state index contributed by atoms with van der Waals surface area (Å²) in [4.78, 5) is 0. The van der Waals surface area contributed by atoms with Gasteiger partial charge in [0.25, 0.3) is 0 Å². The maximum absolute atomic E-state index is 6.15. The Kier molecular flexibility index (Phi) is 4.17. The van der Waals surface area contributed by atoms with Crippen LogP contribution in [0.3, 0.4) is 0 Å². The number of hydrogen-bond acceptors (Lipinski definition) is 3. The van der Waals surface area contributed by atoms with E-state index in [0.717, 1.165) is 5.56 Å². The van der Waals surface area contributed by atoms with Crippen LogP contribution in [-0.2, 0) is 0 Å². The Bertz CT molecular complexity index is 582. The van der Waals surface area contributed by atoms with Crippen molar-refractivity contribution < 1.29 is 14.2 Å². The van der Waals surface area contributed by atoms with Crippen molar-refractivity contribution in [2.45, 2.75) is 6.92 Å². The molecule has 3 nitrogen and oxygen atoms in total. The van der Waals surface area contributed by atoms with Crippen LogP contribution in [0.4, 0.5) is 0 Å². The first-order valence-corrected chi connectivity index (χ1v) is 6.18. The Labute approximate surface area is 117 Å². The maximum Gasteiger partial charge on any atom is 0.203 e. The van der Waals surface area contributed by atoms with Gasteiger partial charge in [0.1, 0.15) is 5.75 Å². The monoisotopic (exact) mass is 278 g/mol. The SMILES string of the molecule is COc1cccc(Oc2ccc(C)cc2Cl)c1OC. The molecule has 0 aliphatic rings. The van der Waals surface area contributed by atoms with E-state index in [1.165, 1.54) is 0 Å². The van der Waals surface area contributed by atoms with Crippen molar-refractivity contribution in [2.75, 3.05) is 14.2 Å². The lowest BCUT2D eigenvalue weighted by molar-refractivity contribution is 0.336. The van der Waals surface area contributed by atoms with Crippen molar-refractivity contribution >= 4 is 11.6 Å². The van der Waals surface area contributed by atoms with Crippen molar-refractivity contribution in [1.82, 2.24) is 0 Å². The van der Waals surface area contributed by atoms with Gasteiger partial charge in [0.15, 0.2) is 11.5 Å². The van der Waals surface area contributed by atoms with Gasteiger partial charge in [0.05, 0.1) is 19.2 Å². The number of rotatable bonds is 4. The number of benzene rings is 2. The van der Waals surface area contributed by atoms with Crippen molar-refractivity contribution in [3.8, 4) is 23.0 Å². The fraction of sp³-hybridized carbons (Fsp3) is 0.200. The number of aryl methyl sites for hydroxylation is 1. The zero-order valence-corrected chi connectivity index (χ0v) is 11.8. The molecule has 0 fully saturated rings. The van der Waals surface area contributed by atoms with Gasteiger partial charge in [0.2, 0.25) is 5.75 Å². The average Bonchev–Trinajstić information content (AvgIpc) is 2.41. The van der Waals surface area contributed by atoms with Crippen LogP contribution in [0, 0.1) is 6.92 Å². The van der Waals surface area contributed by atoms with Crippen LogP contribution in [0.5, 0.6) is 23.0 Å². The van der Waals surface area contributed by atoms with Crippen LogP contribution < -0.4 is 14.2 Å². The first kappa shape index (κ1) is 13.6. The summed E-state index contributed by atoms with van der Waals surface area (Å²) in [6.45, 7) is 1.97. The number of para-hydroxylation sites is 1. The van der Waals surface area contributed by atoms with Gasteiger partial charge >= 0.3 is 0 Å². The van der Waals surface area contributed by atoms with E-state index in [2.05, 4.69) is 0 Å². The highest BCUT2D eigenvalue weighted by atomic mass is 35.5. The van der Waals surface area contributed by atoms with E-state index >= 15 is 0 Å². The maximum atomic E-state index is 6.15. The first-order chi connectivity index (χ1) is 9.15. The van der Waals surface area contributed by atoms with Crippen molar-refractivity contribution in [2.24, 2.45) is 0 Å². The molecule has 100 valence electrons. The molecule has 0 radical (unpaired) electrons. The van der Waals surface area contributed by atoms with Crippen LogP contribution in [0.25, 0.3) is 0 Å². The third-order valence-electron chi connectivity index (χ3n) is 2.67. The molecule has 4 heteroatoms. The molecule has 0 aliphatic carbocycles. The van der Waals surface area contributed by atoms with Crippen LogP contribution in [-0.4, -0.2) is 14.2 Å². The molecule has 0 spiro atoms. The molecule has 0 amide bonds. The number of methoxy groups -OCH3 is 2. The van der Waals surface area contributed by atoms with Gasteiger partial charge in [-0.05, 0) is 36.8 Å². The van der Waals surface area contributed by atoms with E-state index in [1.54, 1.807) is 20.3 Å². The molecule has 0 aliphatic heterocycles. The second-order valence-corrected chi connectivity index (χ2v) is 4.43. The molecule has 0 saturated heterocycles. The predicted molar refractivity (Wildman–Crippen MR) is 75.8 cm³/mol. The molecule has 0 N–H and O–H groups in total. The van der Waals surface area contributed by atoms with E-state index in [1.807, 2.05) is 37.3 Å². The van der Waals surface area contributed by atoms with Crippen molar-refractivity contribution in [3.05, 3.63) is 47.0 Å². The molecule has 2 aromatic carbocycles. The summed E-state index contributed by atoms with van der Waals surface area (Å²) in [5.74, 6) is 2.30. The van der Waals surface area contributed by atoms with Crippen LogP contribution in [0.2, 0.25) is 5.02 Å². The van der Waals surface area contributed by atoms with Gasteiger partial charge in [-0.25, -0.2) is 0 Å². The highest BCUT2D eigenvalue weighted by Crippen LogP contribution is 2.40. The van der Waals surface area contributed by atoms with Crippen LogP contribution in [0.15, 0.2) is 36.4 Å². The molecular formula is C15H15ClO3. The lowest BCUT2D eigenvalue weighted by Gasteiger charge is -2.14. The summed E-state index contributed by atoms with van der Waals surface area (Å²) in [6.07, 6.45) is 0. The van der Waals surface area contributed by atoms with Crippen LogP contribution in [0.1, 0.15) is 5.56 Å². The molecule has 0 unspecified atom stereocenters. The average molecular weight is 279 g/mol. The largest absolute Gasteiger partial charge is 0.493 e. The smallest absolute Gasteiger partial charge is 0.203 e. The Hall–Kier alpha value is -1.87. The molecule has 0 heterocycles.